The zero-order valence-corrected chi connectivity index (χ0v) is 22.7. The molecule has 4 rings (SSSR count). The van der Waals surface area contributed by atoms with Crippen LogP contribution in [0.1, 0.15) is 64.7 Å². The third-order valence-electron chi connectivity index (χ3n) is 7.09. The van der Waals surface area contributed by atoms with Gasteiger partial charge >= 0.3 is 5.97 Å². The normalized spacial score (nSPS) is 14.7. The molecule has 0 aliphatic carbocycles. The number of hydrogen-bond donors (Lipinski definition) is 2. The number of pyridine rings is 1. The predicted octanol–water partition coefficient (Wildman–Crippen LogP) is 4.81. The van der Waals surface area contributed by atoms with Gasteiger partial charge in [0, 0.05) is 30.5 Å². The lowest BCUT2D eigenvalue weighted by Gasteiger charge is -2.43. The van der Waals surface area contributed by atoms with Crippen LogP contribution in [0.25, 0.3) is 11.5 Å². The molecule has 1 aliphatic rings. The third-order valence-corrected chi connectivity index (χ3v) is 7.09. The zero-order valence-electron chi connectivity index (χ0n) is 22.7. The molecular formula is C28H34N6O4. The molecule has 0 spiro atoms. The van der Waals surface area contributed by atoms with E-state index in [0.717, 1.165) is 23.2 Å². The van der Waals surface area contributed by atoms with Crippen molar-refractivity contribution in [1.82, 2.24) is 20.4 Å². The molecule has 38 heavy (non-hydrogen) atoms. The fraction of sp³-hybridized carbons (Fsp3) is 0.464. The lowest BCUT2D eigenvalue weighted by Crippen LogP contribution is -2.50. The first-order valence-corrected chi connectivity index (χ1v) is 12.7. The quantitative estimate of drug-likeness (QED) is 0.406. The first kappa shape index (κ1) is 27.1. The first-order chi connectivity index (χ1) is 17.9. The topological polar surface area (TPSA) is 137 Å². The smallest absolute Gasteiger partial charge is 0.304 e. The number of aliphatic carboxylic acids is 1. The standard InChI is InChI=1S/C28H34N6O4/c1-17(2)37-24-19(15-29)13-20(16-30-24)25-32-26(33-38-25)34-12-10-18-14-21(7-8-22(18)34)28(6,27(3,4)5)31-11-9-23(35)36/h7-8,13-14,16-17,31H,9-12H2,1-6H3,(H,35,36). The van der Waals surface area contributed by atoms with Crippen LogP contribution in [-0.4, -0.2) is 45.4 Å². The average molecular weight is 519 g/mol. The maximum absolute atomic E-state index is 11.1. The molecule has 0 radical (unpaired) electrons. The van der Waals surface area contributed by atoms with Gasteiger partial charge < -0.3 is 24.6 Å². The number of nitriles is 1. The van der Waals surface area contributed by atoms with Crippen LogP contribution in [0.5, 0.6) is 5.88 Å². The van der Waals surface area contributed by atoms with Crippen LogP contribution in [0, 0.1) is 16.7 Å². The van der Waals surface area contributed by atoms with E-state index in [1.54, 1.807) is 12.3 Å². The summed E-state index contributed by atoms with van der Waals surface area (Å²) in [6, 6.07) is 10.1. The van der Waals surface area contributed by atoms with Crippen LogP contribution in [0.3, 0.4) is 0 Å². The van der Waals surface area contributed by atoms with Crippen molar-refractivity contribution in [2.75, 3.05) is 18.0 Å². The molecule has 10 heteroatoms. The van der Waals surface area contributed by atoms with Crippen LogP contribution in [0.15, 0.2) is 35.0 Å². The number of benzene rings is 1. The van der Waals surface area contributed by atoms with Crippen molar-refractivity contribution in [3.63, 3.8) is 0 Å². The summed E-state index contributed by atoms with van der Waals surface area (Å²) in [6.07, 6.45) is 2.32. The van der Waals surface area contributed by atoms with Crippen molar-refractivity contribution in [2.45, 2.75) is 66.0 Å². The molecule has 1 aromatic carbocycles. The van der Waals surface area contributed by atoms with Crippen molar-refractivity contribution >= 4 is 17.6 Å². The molecule has 200 valence electrons. The molecule has 0 saturated heterocycles. The van der Waals surface area contributed by atoms with Gasteiger partial charge in [-0.25, -0.2) is 4.98 Å². The largest absolute Gasteiger partial charge is 0.481 e. The van der Waals surface area contributed by atoms with Crippen molar-refractivity contribution < 1.29 is 19.2 Å². The Morgan fingerprint density at radius 2 is 2.05 bits per heavy atom. The van der Waals surface area contributed by atoms with Gasteiger partial charge in [0.05, 0.1) is 18.1 Å². The summed E-state index contributed by atoms with van der Waals surface area (Å²) in [5.41, 5.74) is 3.51. The van der Waals surface area contributed by atoms with Gasteiger partial charge in [-0.1, -0.05) is 32.9 Å². The van der Waals surface area contributed by atoms with Gasteiger partial charge in [0.25, 0.3) is 11.8 Å². The lowest BCUT2D eigenvalue weighted by atomic mass is 9.70. The minimum absolute atomic E-state index is 0.0589. The Balaban J connectivity index is 1.59. The van der Waals surface area contributed by atoms with Crippen molar-refractivity contribution in [3.8, 4) is 23.4 Å². The van der Waals surface area contributed by atoms with Crippen molar-refractivity contribution in [3.05, 3.63) is 47.2 Å². The maximum atomic E-state index is 11.1. The number of carboxylic acid groups (broad SMARTS) is 1. The van der Waals surface area contributed by atoms with E-state index in [2.05, 4.69) is 72.4 Å². The Morgan fingerprint density at radius 3 is 2.71 bits per heavy atom. The van der Waals surface area contributed by atoms with Gasteiger partial charge in [-0.15, -0.1) is 0 Å². The minimum atomic E-state index is -0.822. The van der Waals surface area contributed by atoms with E-state index in [-0.39, 0.29) is 29.7 Å². The van der Waals surface area contributed by atoms with Crippen LogP contribution in [-0.2, 0) is 16.8 Å². The summed E-state index contributed by atoms with van der Waals surface area (Å²) in [4.78, 5) is 21.9. The average Bonchev–Trinajstić information content (AvgIpc) is 3.49. The number of carboxylic acids is 1. The highest BCUT2D eigenvalue weighted by Gasteiger charge is 2.39. The number of carbonyl (C=O) groups is 1. The molecule has 1 unspecified atom stereocenters. The summed E-state index contributed by atoms with van der Waals surface area (Å²) in [5, 5.41) is 26.3. The van der Waals surface area contributed by atoms with Crippen LogP contribution < -0.4 is 15.0 Å². The van der Waals surface area contributed by atoms with Gasteiger partial charge in [-0.05, 0) is 61.0 Å². The molecule has 2 N–H and O–H groups in total. The van der Waals surface area contributed by atoms with E-state index in [4.69, 9.17) is 14.4 Å². The number of ether oxygens (including phenoxy) is 1. The lowest BCUT2D eigenvalue weighted by molar-refractivity contribution is -0.137. The number of nitrogens with zero attached hydrogens (tertiary/aromatic N) is 5. The SMILES string of the molecule is CC(C)Oc1ncc(-c2nc(N3CCc4cc(C(C)(NCCC(=O)O)C(C)(C)C)ccc43)no2)cc1C#N. The van der Waals surface area contributed by atoms with E-state index in [1.165, 1.54) is 0 Å². The molecule has 3 aromatic rings. The molecule has 0 saturated carbocycles. The number of aromatic nitrogens is 3. The van der Waals surface area contributed by atoms with Gasteiger partial charge in [0.15, 0.2) is 0 Å². The van der Waals surface area contributed by atoms with E-state index in [0.29, 0.717) is 30.2 Å². The van der Waals surface area contributed by atoms with Crippen LogP contribution >= 0.6 is 0 Å². The molecule has 10 nitrogen and oxygen atoms in total. The minimum Gasteiger partial charge on any atom is -0.481 e. The second-order valence-corrected chi connectivity index (χ2v) is 10.9. The van der Waals surface area contributed by atoms with E-state index in [9.17, 15) is 10.1 Å². The molecule has 0 fully saturated rings. The molecule has 1 atom stereocenters. The molecule has 3 heterocycles. The summed E-state index contributed by atoms with van der Waals surface area (Å²) >= 11 is 0. The Kier molecular flexibility index (Phi) is 7.42. The van der Waals surface area contributed by atoms with Crippen molar-refractivity contribution in [2.24, 2.45) is 5.41 Å². The summed E-state index contributed by atoms with van der Waals surface area (Å²) in [5.74, 6) is 0.158. The second-order valence-electron chi connectivity index (χ2n) is 10.9. The number of hydrogen-bond acceptors (Lipinski definition) is 9. The number of fused-ring (bicyclic) bond motifs is 1. The van der Waals surface area contributed by atoms with Gasteiger partial charge in [0.2, 0.25) is 5.88 Å². The van der Waals surface area contributed by atoms with Crippen LogP contribution in [0.4, 0.5) is 11.6 Å². The second kappa shape index (κ2) is 10.4. The third kappa shape index (κ3) is 5.34. The Hall–Kier alpha value is -3.97. The zero-order chi connectivity index (χ0) is 27.7. The predicted molar refractivity (Wildman–Crippen MR) is 142 cm³/mol. The molecule has 1 aliphatic heterocycles. The van der Waals surface area contributed by atoms with Gasteiger partial charge in [-0.3, -0.25) is 4.79 Å². The van der Waals surface area contributed by atoms with Gasteiger partial charge in [-0.2, -0.15) is 10.2 Å². The number of anilines is 2. The number of nitrogens with one attached hydrogen (secondary N) is 1. The Labute approximate surface area is 222 Å². The maximum Gasteiger partial charge on any atom is 0.304 e. The fourth-order valence-corrected chi connectivity index (χ4v) is 4.55. The molecule has 2 aromatic heterocycles. The summed E-state index contributed by atoms with van der Waals surface area (Å²) in [6.45, 7) is 13.4. The highest BCUT2D eigenvalue weighted by atomic mass is 16.5. The highest BCUT2D eigenvalue weighted by molar-refractivity contribution is 5.68. The summed E-state index contributed by atoms with van der Waals surface area (Å²) in [7, 11) is 0. The molecule has 0 amide bonds. The van der Waals surface area contributed by atoms with Crippen LogP contribution in [0.2, 0.25) is 0 Å². The summed E-state index contributed by atoms with van der Waals surface area (Å²) < 4.78 is 11.1. The Bertz CT molecular complexity index is 1370. The first-order valence-electron chi connectivity index (χ1n) is 12.7. The highest BCUT2D eigenvalue weighted by Crippen LogP contribution is 2.42. The van der Waals surface area contributed by atoms with E-state index < -0.39 is 11.5 Å². The molecular weight excluding hydrogens is 484 g/mol. The van der Waals surface area contributed by atoms with E-state index >= 15 is 0 Å². The molecule has 0 bridgehead atoms. The van der Waals surface area contributed by atoms with Gasteiger partial charge in [0.1, 0.15) is 11.6 Å². The van der Waals surface area contributed by atoms with E-state index in [1.807, 2.05) is 18.7 Å². The fourth-order valence-electron chi connectivity index (χ4n) is 4.55. The van der Waals surface area contributed by atoms with Crippen molar-refractivity contribution in [1.29, 1.82) is 5.26 Å². The monoisotopic (exact) mass is 518 g/mol. The number of rotatable bonds is 9. The Morgan fingerprint density at radius 1 is 1.29 bits per heavy atom.